The third kappa shape index (κ3) is 3.68. The van der Waals surface area contributed by atoms with Gasteiger partial charge in [-0.05, 0) is 36.2 Å². The van der Waals surface area contributed by atoms with Crippen LogP contribution in [-0.2, 0) is 10.2 Å². The fourth-order valence-electron chi connectivity index (χ4n) is 3.83. The summed E-state index contributed by atoms with van der Waals surface area (Å²) in [4.78, 5) is 35.0. The minimum Gasteiger partial charge on any atom is -0.368 e. The van der Waals surface area contributed by atoms with Crippen LogP contribution in [0.3, 0.4) is 0 Å². The van der Waals surface area contributed by atoms with Crippen LogP contribution >= 0.6 is 0 Å². The molecule has 1 aliphatic rings. The number of aryl methyl sites for hydroxylation is 1. The van der Waals surface area contributed by atoms with Crippen LogP contribution in [0.1, 0.15) is 43.0 Å². The van der Waals surface area contributed by atoms with Crippen LogP contribution in [0.5, 0.6) is 0 Å². The number of nitrogens with zero attached hydrogens (tertiary/aromatic N) is 4. The molecule has 0 radical (unpaired) electrons. The van der Waals surface area contributed by atoms with Crippen LogP contribution in [-0.4, -0.2) is 27.0 Å². The van der Waals surface area contributed by atoms with Gasteiger partial charge in [0.05, 0.1) is 16.8 Å². The fraction of sp³-hybridized carbons (Fsp3) is 0.250. The molecule has 2 N–H and O–H groups in total. The van der Waals surface area contributed by atoms with E-state index in [1.165, 1.54) is 12.4 Å². The van der Waals surface area contributed by atoms with Gasteiger partial charge < -0.3 is 10.6 Å². The third-order valence-electron chi connectivity index (χ3n) is 5.52. The van der Waals surface area contributed by atoms with Crippen molar-refractivity contribution in [3.63, 3.8) is 0 Å². The summed E-state index contributed by atoms with van der Waals surface area (Å²) in [5.41, 5.74) is 9.49. The normalized spacial score (nSPS) is 14.0. The van der Waals surface area contributed by atoms with Gasteiger partial charge >= 0.3 is 0 Å². The van der Waals surface area contributed by atoms with Crippen LogP contribution in [0.2, 0.25) is 0 Å². The molecule has 3 aromatic rings. The first-order valence-corrected chi connectivity index (χ1v) is 9.92. The van der Waals surface area contributed by atoms with Crippen molar-refractivity contribution in [2.24, 2.45) is 0 Å². The number of aromatic nitrogens is 3. The number of hydrogen-bond donors (Lipinski definition) is 1. The molecule has 7 heteroatoms. The summed E-state index contributed by atoms with van der Waals surface area (Å²) in [6.45, 7) is 8.24. The molecule has 0 atom stereocenters. The van der Waals surface area contributed by atoms with Gasteiger partial charge in [-0.3, -0.25) is 14.2 Å². The Morgan fingerprint density at radius 2 is 1.87 bits per heavy atom. The van der Waals surface area contributed by atoms with E-state index >= 15 is 0 Å². The van der Waals surface area contributed by atoms with Crippen LogP contribution in [0.15, 0.2) is 47.7 Å². The molecule has 1 amide bonds. The summed E-state index contributed by atoms with van der Waals surface area (Å²) >= 11 is 0. The quantitative estimate of drug-likeness (QED) is 0.619. The van der Waals surface area contributed by atoms with E-state index < -0.39 is 0 Å². The molecule has 0 aliphatic carbocycles. The molecular weight excluding hydrogens is 390 g/mol. The van der Waals surface area contributed by atoms with Crippen LogP contribution in [0.25, 0.3) is 5.69 Å². The number of nitrogens with two attached hydrogens (primary N) is 1. The van der Waals surface area contributed by atoms with Gasteiger partial charge in [-0.1, -0.05) is 31.8 Å². The number of anilines is 2. The molecule has 31 heavy (non-hydrogen) atoms. The predicted octanol–water partition coefficient (Wildman–Crippen LogP) is 2.56. The Bertz CT molecular complexity index is 1310. The molecular formula is C24H23N5O2. The maximum atomic E-state index is 13.2. The average molecular weight is 413 g/mol. The third-order valence-corrected chi connectivity index (χ3v) is 5.52. The zero-order valence-corrected chi connectivity index (χ0v) is 17.9. The Kier molecular flexibility index (Phi) is 4.86. The molecule has 0 fully saturated rings. The number of benzene rings is 1. The van der Waals surface area contributed by atoms with Gasteiger partial charge in [0, 0.05) is 43.2 Å². The van der Waals surface area contributed by atoms with Gasteiger partial charge in [0.2, 0.25) is 11.9 Å². The first kappa shape index (κ1) is 20.4. The van der Waals surface area contributed by atoms with Crippen molar-refractivity contribution in [1.29, 1.82) is 0 Å². The Morgan fingerprint density at radius 1 is 1.16 bits per heavy atom. The summed E-state index contributed by atoms with van der Waals surface area (Å²) in [7, 11) is 0. The minimum absolute atomic E-state index is 0.0162. The van der Waals surface area contributed by atoms with E-state index in [1.807, 2.05) is 31.2 Å². The maximum Gasteiger partial charge on any atom is 0.271 e. The molecule has 4 rings (SSSR count). The van der Waals surface area contributed by atoms with Crippen molar-refractivity contribution in [3.8, 4) is 17.5 Å². The summed E-state index contributed by atoms with van der Waals surface area (Å²) in [6.07, 6.45) is 4.77. The lowest BCUT2D eigenvalue weighted by Gasteiger charge is -2.19. The Hall–Kier alpha value is -3.92. The smallest absolute Gasteiger partial charge is 0.271 e. The van der Waals surface area contributed by atoms with Crippen molar-refractivity contribution in [3.05, 3.63) is 75.5 Å². The summed E-state index contributed by atoms with van der Waals surface area (Å²) in [5, 5.41) is 0. The van der Waals surface area contributed by atoms with Crippen LogP contribution in [0.4, 0.5) is 11.6 Å². The standard InChI is InChI=1S/C24H23N5O2/c1-15-9-10-28(22(31)19(15)7-5-17-12-26-23(25)27-13-17)18-6-8-20-21(11-18)29(16(2)30)14-24(20,3)4/h6,8-13H,14H2,1-4H3,(H2,25,26,27). The lowest BCUT2D eigenvalue weighted by molar-refractivity contribution is -0.116. The SMILES string of the molecule is CC(=O)N1CC(C)(C)c2ccc(-n3ccc(C)c(C#Cc4cnc(N)nc4)c3=O)cc21. The molecule has 1 aromatic carbocycles. The molecule has 0 saturated carbocycles. The molecule has 156 valence electrons. The van der Waals surface area contributed by atoms with Gasteiger partial charge in [0.15, 0.2) is 0 Å². The molecule has 2 aromatic heterocycles. The highest BCUT2D eigenvalue weighted by Crippen LogP contribution is 2.41. The largest absolute Gasteiger partial charge is 0.368 e. The van der Waals surface area contributed by atoms with Crippen LogP contribution in [0, 0.1) is 18.8 Å². The van der Waals surface area contributed by atoms with E-state index in [1.54, 1.807) is 22.6 Å². The number of hydrogen-bond acceptors (Lipinski definition) is 5. The topological polar surface area (TPSA) is 94.1 Å². The number of pyridine rings is 1. The van der Waals surface area contributed by atoms with E-state index in [9.17, 15) is 9.59 Å². The maximum absolute atomic E-state index is 13.2. The summed E-state index contributed by atoms with van der Waals surface area (Å²) in [6, 6.07) is 7.65. The molecule has 0 saturated heterocycles. The molecule has 7 nitrogen and oxygen atoms in total. The number of rotatable bonds is 1. The van der Waals surface area contributed by atoms with Gasteiger partial charge in [-0.2, -0.15) is 0 Å². The monoisotopic (exact) mass is 413 g/mol. The first-order chi connectivity index (χ1) is 14.7. The number of carbonyl (C=O) groups excluding carboxylic acids is 1. The van der Waals surface area contributed by atoms with E-state index in [2.05, 4.69) is 35.7 Å². The number of fused-ring (bicyclic) bond motifs is 1. The lowest BCUT2D eigenvalue weighted by atomic mass is 9.87. The van der Waals surface area contributed by atoms with Gasteiger partial charge in [-0.15, -0.1) is 0 Å². The second-order valence-electron chi connectivity index (χ2n) is 8.32. The predicted molar refractivity (Wildman–Crippen MR) is 120 cm³/mol. The lowest BCUT2D eigenvalue weighted by Crippen LogP contribution is -2.32. The number of amides is 1. The van der Waals surface area contributed by atoms with Crippen LogP contribution < -0.4 is 16.2 Å². The average Bonchev–Trinajstić information content (AvgIpc) is 3.00. The number of carbonyl (C=O) groups is 1. The second kappa shape index (κ2) is 7.40. The summed E-state index contributed by atoms with van der Waals surface area (Å²) in [5.74, 6) is 6.03. The number of nitrogen functional groups attached to an aromatic ring is 1. The zero-order valence-electron chi connectivity index (χ0n) is 17.9. The van der Waals surface area contributed by atoms with Crippen molar-refractivity contribution in [2.75, 3.05) is 17.2 Å². The molecule has 0 unspecified atom stereocenters. The Labute approximate surface area is 180 Å². The van der Waals surface area contributed by atoms with E-state index in [0.717, 1.165) is 16.8 Å². The fourth-order valence-corrected chi connectivity index (χ4v) is 3.83. The van der Waals surface area contributed by atoms with Crippen molar-refractivity contribution >= 4 is 17.5 Å². The second-order valence-corrected chi connectivity index (χ2v) is 8.32. The van der Waals surface area contributed by atoms with Crippen molar-refractivity contribution in [2.45, 2.75) is 33.1 Å². The Morgan fingerprint density at radius 3 is 2.55 bits per heavy atom. The summed E-state index contributed by atoms with van der Waals surface area (Å²) < 4.78 is 1.56. The molecule has 0 spiro atoms. The van der Waals surface area contributed by atoms with E-state index in [-0.39, 0.29) is 22.8 Å². The van der Waals surface area contributed by atoms with Crippen molar-refractivity contribution < 1.29 is 4.79 Å². The molecule has 0 bridgehead atoms. The first-order valence-electron chi connectivity index (χ1n) is 9.92. The molecule has 3 heterocycles. The Balaban J connectivity index is 1.80. The van der Waals surface area contributed by atoms with E-state index in [0.29, 0.717) is 23.4 Å². The highest BCUT2D eigenvalue weighted by Gasteiger charge is 2.37. The van der Waals surface area contributed by atoms with Gasteiger partial charge in [0.1, 0.15) is 0 Å². The molecule has 1 aliphatic heterocycles. The minimum atomic E-state index is -0.226. The highest BCUT2D eigenvalue weighted by atomic mass is 16.2. The van der Waals surface area contributed by atoms with Crippen molar-refractivity contribution in [1.82, 2.24) is 14.5 Å². The highest BCUT2D eigenvalue weighted by molar-refractivity contribution is 5.95. The van der Waals surface area contributed by atoms with Gasteiger partial charge in [0.25, 0.3) is 5.56 Å². The zero-order chi connectivity index (χ0) is 22.3. The van der Waals surface area contributed by atoms with E-state index in [4.69, 9.17) is 5.73 Å². The van der Waals surface area contributed by atoms with Gasteiger partial charge in [-0.25, -0.2) is 9.97 Å².